The molecule has 41 heavy (non-hydrogen) atoms. The number of alkyl halides is 6. The minimum absolute atomic E-state index is 0.000962. The van der Waals surface area contributed by atoms with Crippen molar-refractivity contribution < 1.29 is 26.3 Å². The topological polar surface area (TPSA) is 57.0 Å². The first-order chi connectivity index (χ1) is 19.4. The van der Waals surface area contributed by atoms with Crippen molar-refractivity contribution in [1.29, 1.82) is 5.26 Å². The average molecular weight is 586 g/mol. The van der Waals surface area contributed by atoms with Crippen LogP contribution >= 0.6 is 11.3 Å². The normalized spacial score (nSPS) is 13.0. The van der Waals surface area contributed by atoms with E-state index in [1.54, 1.807) is 18.2 Å². The predicted molar refractivity (Wildman–Crippen MR) is 147 cm³/mol. The number of anilines is 1. The zero-order valence-electron chi connectivity index (χ0n) is 21.7. The molecular formula is C30H21F6N3OS. The molecule has 1 atom stereocenters. The van der Waals surface area contributed by atoms with Gasteiger partial charge in [-0.2, -0.15) is 31.6 Å². The second-order valence-electron chi connectivity index (χ2n) is 9.41. The Hall–Kier alpha value is -4.17. The van der Waals surface area contributed by atoms with E-state index in [0.29, 0.717) is 33.4 Å². The fourth-order valence-electron chi connectivity index (χ4n) is 5.01. The molecule has 210 valence electrons. The number of nitrogens with zero attached hydrogens (tertiary/aromatic N) is 3. The molecular weight excluding hydrogens is 564 g/mol. The zero-order valence-corrected chi connectivity index (χ0v) is 22.5. The highest BCUT2D eigenvalue weighted by atomic mass is 32.1. The molecule has 11 heteroatoms. The lowest BCUT2D eigenvalue weighted by molar-refractivity contribution is -0.143. The van der Waals surface area contributed by atoms with Crippen LogP contribution in [0.1, 0.15) is 42.0 Å². The van der Waals surface area contributed by atoms with Crippen LogP contribution in [0.3, 0.4) is 0 Å². The molecule has 4 nitrogen and oxygen atoms in total. The third-order valence-corrected chi connectivity index (χ3v) is 8.17. The SMILES string of the molecule is CCN(CC)c1ccc2nc3c4ccccc4c(=O)c(C(C#N)c4cc(C(F)(F)F)cc(C(F)(F)F)c4)c-3sc2c1. The molecule has 3 aromatic carbocycles. The van der Waals surface area contributed by atoms with Gasteiger partial charge in [-0.05, 0) is 55.8 Å². The number of fused-ring (bicyclic) bond motifs is 4. The first kappa shape index (κ1) is 28.4. The van der Waals surface area contributed by atoms with E-state index in [1.807, 2.05) is 38.1 Å². The fourth-order valence-corrected chi connectivity index (χ4v) is 6.20. The summed E-state index contributed by atoms with van der Waals surface area (Å²) in [6.07, 6.45) is -10.2. The summed E-state index contributed by atoms with van der Waals surface area (Å²) in [6.45, 7) is 5.43. The van der Waals surface area contributed by atoms with E-state index in [-0.39, 0.29) is 21.9 Å². The van der Waals surface area contributed by atoms with Gasteiger partial charge in [-0.3, -0.25) is 4.79 Å². The molecule has 0 saturated heterocycles. The Kier molecular flexibility index (Phi) is 7.15. The molecule has 1 aliphatic carbocycles. The first-order valence-corrected chi connectivity index (χ1v) is 13.4. The highest BCUT2D eigenvalue weighted by molar-refractivity contribution is 7.21. The van der Waals surface area contributed by atoms with Crippen molar-refractivity contribution in [2.75, 3.05) is 18.0 Å². The minimum Gasteiger partial charge on any atom is -0.372 e. The summed E-state index contributed by atoms with van der Waals surface area (Å²) in [4.78, 5) is 21.0. The molecule has 0 spiro atoms. The van der Waals surface area contributed by atoms with Gasteiger partial charge >= 0.3 is 12.4 Å². The van der Waals surface area contributed by atoms with Crippen molar-refractivity contribution in [3.05, 3.63) is 93.1 Å². The molecule has 1 unspecified atom stereocenters. The monoisotopic (exact) mass is 585 g/mol. The Morgan fingerprint density at radius 1 is 0.902 bits per heavy atom. The van der Waals surface area contributed by atoms with Crippen LogP contribution in [0, 0.1) is 11.3 Å². The van der Waals surface area contributed by atoms with Gasteiger partial charge in [0, 0.05) is 35.1 Å². The van der Waals surface area contributed by atoms with Crippen molar-refractivity contribution in [2.45, 2.75) is 32.1 Å². The summed E-state index contributed by atoms with van der Waals surface area (Å²) in [5.41, 5.74) is -2.73. The highest BCUT2D eigenvalue weighted by Crippen LogP contribution is 2.44. The molecule has 0 bridgehead atoms. The van der Waals surface area contributed by atoms with Gasteiger partial charge in [-0.15, -0.1) is 11.3 Å². The lowest BCUT2D eigenvalue weighted by atomic mass is 9.86. The van der Waals surface area contributed by atoms with Gasteiger partial charge in [-0.25, -0.2) is 4.98 Å². The smallest absolute Gasteiger partial charge is 0.372 e. The molecule has 3 aromatic rings. The molecule has 1 aliphatic heterocycles. The summed E-state index contributed by atoms with van der Waals surface area (Å²) >= 11 is 1.13. The Morgan fingerprint density at radius 2 is 1.51 bits per heavy atom. The third kappa shape index (κ3) is 5.08. The number of aromatic nitrogens is 1. The second kappa shape index (κ2) is 10.3. The molecule has 2 aliphatic rings. The first-order valence-electron chi connectivity index (χ1n) is 12.6. The Balaban J connectivity index is 1.87. The average Bonchev–Trinajstić information content (AvgIpc) is 2.94. The maximum Gasteiger partial charge on any atom is 0.416 e. The van der Waals surface area contributed by atoms with Crippen molar-refractivity contribution in [2.24, 2.45) is 0 Å². The van der Waals surface area contributed by atoms with Crippen molar-refractivity contribution >= 4 is 38.0 Å². The number of hydrogen-bond acceptors (Lipinski definition) is 5. The van der Waals surface area contributed by atoms with E-state index in [1.165, 1.54) is 6.07 Å². The molecule has 1 heterocycles. The maximum absolute atomic E-state index is 13.9. The Bertz CT molecular complexity index is 1820. The third-order valence-electron chi connectivity index (χ3n) is 7.01. The lowest BCUT2D eigenvalue weighted by Gasteiger charge is -2.22. The predicted octanol–water partition coefficient (Wildman–Crippen LogP) is 8.45. The number of nitriles is 1. The standard InChI is InChI=1S/C30H21F6N3OS/c1-3-39(4-2)19-9-10-23-24(14-19)41-28-25(27(40)21-8-6-5-7-20(21)26(28)38-23)22(15-37)16-11-17(29(31,32)33)13-18(12-16)30(34,35)36/h5-14,22H,3-4H2,1-2H3. The maximum atomic E-state index is 13.9. The molecule has 0 radical (unpaired) electrons. The lowest BCUT2D eigenvalue weighted by Crippen LogP contribution is -2.21. The summed E-state index contributed by atoms with van der Waals surface area (Å²) in [6, 6.07) is 14.9. The molecule has 0 aromatic heterocycles. The van der Waals surface area contributed by atoms with E-state index in [4.69, 9.17) is 4.98 Å². The number of hydrogen-bond donors (Lipinski definition) is 0. The molecule has 5 rings (SSSR count). The number of rotatable bonds is 5. The van der Waals surface area contributed by atoms with Crippen LogP contribution in [0.25, 0.3) is 31.6 Å². The van der Waals surface area contributed by atoms with Gasteiger partial charge in [0.25, 0.3) is 0 Å². The highest BCUT2D eigenvalue weighted by Gasteiger charge is 2.38. The fraction of sp³-hybridized carbons (Fsp3) is 0.233. The molecule has 0 amide bonds. The van der Waals surface area contributed by atoms with Gasteiger partial charge in [0.15, 0.2) is 5.43 Å². The van der Waals surface area contributed by atoms with Gasteiger partial charge in [-0.1, -0.05) is 24.3 Å². The van der Waals surface area contributed by atoms with Gasteiger partial charge in [0.2, 0.25) is 0 Å². The number of halogens is 6. The summed E-state index contributed by atoms with van der Waals surface area (Å²) < 4.78 is 82.6. The largest absolute Gasteiger partial charge is 0.416 e. The Morgan fingerprint density at radius 3 is 2.07 bits per heavy atom. The van der Waals surface area contributed by atoms with E-state index >= 15 is 0 Å². The van der Waals surface area contributed by atoms with E-state index in [9.17, 15) is 36.4 Å². The molecule has 0 N–H and O–H groups in total. The number of benzene rings is 4. The second-order valence-corrected chi connectivity index (χ2v) is 10.5. The van der Waals surface area contributed by atoms with E-state index < -0.39 is 40.4 Å². The summed E-state index contributed by atoms with van der Waals surface area (Å²) in [5.74, 6) is -1.72. The van der Waals surface area contributed by atoms with E-state index in [2.05, 4.69) is 4.90 Å². The van der Waals surface area contributed by atoms with Crippen LogP contribution in [0.5, 0.6) is 0 Å². The van der Waals surface area contributed by atoms with E-state index in [0.717, 1.165) is 30.1 Å². The minimum atomic E-state index is -5.11. The van der Waals surface area contributed by atoms with Crippen LogP contribution in [0.4, 0.5) is 32.0 Å². The molecule has 0 fully saturated rings. The summed E-state index contributed by atoms with van der Waals surface area (Å²) in [5, 5.41) is 10.8. The van der Waals surface area contributed by atoms with Crippen molar-refractivity contribution in [3.63, 3.8) is 0 Å². The Labute approximate surface area is 234 Å². The van der Waals surface area contributed by atoms with Gasteiger partial charge < -0.3 is 4.90 Å². The zero-order chi connectivity index (χ0) is 29.7. The molecule has 0 saturated carbocycles. The van der Waals surface area contributed by atoms with Crippen LogP contribution in [-0.4, -0.2) is 18.1 Å². The van der Waals surface area contributed by atoms with Crippen LogP contribution < -0.4 is 10.3 Å². The van der Waals surface area contributed by atoms with Crippen LogP contribution in [0.15, 0.2) is 65.5 Å². The van der Waals surface area contributed by atoms with Crippen molar-refractivity contribution in [1.82, 2.24) is 4.98 Å². The van der Waals surface area contributed by atoms with Gasteiger partial charge in [0.05, 0.1) is 38.0 Å². The van der Waals surface area contributed by atoms with Crippen LogP contribution in [-0.2, 0) is 12.4 Å². The van der Waals surface area contributed by atoms with Crippen LogP contribution in [0.2, 0.25) is 0 Å². The summed E-state index contributed by atoms with van der Waals surface area (Å²) in [7, 11) is 0. The quantitative estimate of drug-likeness (QED) is 0.118. The van der Waals surface area contributed by atoms with Gasteiger partial charge in [0.1, 0.15) is 5.92 Å². The van der Waals surface area contributed by atoms with Crippen molar-refractivity contribution in [3.8, 4) is 16.6 Å².